The van der Waals surface area contributed by atoms with Gasteiger partial charge in [0.05, 0.1) is 6.54 Å². The molecule has 1 heterocycles. The van der Waals surface area contributed by atoms with E-state index in [1.807, 2.05) is 31.2 Å². The van der Waals surface area contributed by atoms with Crippen LogP contribution >= 0.6 is 23.8 Å². The molecule has 0 aliphatic carbocycles. The molecule has 7 heteroatoms. The second-order valence-corrected chi connectivity index (χ2v) is 6.64. The number of nitrogens with zero attached hydrogens (tertiary/aromatic N) is 3. The van der Waals surface area contributed by atoms with Gasteiger partial charge in [-0.05, 0) is 49.3 Å². The van der Waals surface area contributed by atoms with E-state index in [4.69, 9.17) is 23.8 Å². The summed E-state index contributed by atoms with van der Waals surface area (Å²) in [6.07, 6.45) is 1.68. The third kappa shape index (κ3) is 4.78. The molecule has 3 rings (SSSR count). The van der Waals surface area contributed by atoms with Crippen molar-refractivity contribution < 1.29 is 0 Å². The van der Waals surface area contributed by atoms with Crippen molar-refractivity contribution in [3.05, 3.63) is 70.5 Å². The Bertz CT molecular complexity index is 906. The van der Waals surface area contributed by atoms with Crippen LogP contribution in [0.25, 0.3) is 0 Å². The Balaban J connectivity index is 1.62. The van der Waals surface area contributed by atoms with Crippen LogP contribution in [-0.2, 0) is 6.54 Å². The molecule has 0 radical (unpaired) electrons. The van der Waals surface area contributed by atoms with E-state index < -0.39 is 0 Å². The lowest BCUT2D eigenvalue weighted by molar-refractivity contribution is 0.687. The topological polar surface area (TPSA) is 54.8 Å². The first-order valence-electron chi connectivity index (χ1n) is 7.79. The molecule has 0 bridgehead atoms. The monoisotopic (exact) mass is 371 g/mol. The van der Waals surface area contributed by atoms with Gasteiger partial charge in [0.25, 0.3) is 0 Å². The van der Waals surface area contributed by atoms with Gasteiger partial charge in [-0.25, -0.2) is 9.67 Å². The summed E-state index contributed by atoms with van der Waals surface area (Å²) in [5.74, 6) is 0.449. The molecule has 0 spiro atoms. The van der Waals surface area contributed by atoms with E-state index in [9.17, 15) is 0 Å². The second-order valence-electron chi connectivity index (χ2n) is 5.79. The number of benzene rings is 2. The Morgan fingerprint density at radius 2 is 2.00 bits per heavy atom. The Kier molecular flexibility index (Phi) is 5.31. The Labute approximate surface area is 157 Å². The van der Waals surface area contributed by atoms with E-state index in [0.717, 1.165) is 11.3 Å². The minimum Gasteiger partial charge on any atom is -0.332 e. The number of nitrogens with one attached hydrogen (secondary N) is 2. The minimum absolute atomic E-state index is 0.415. The van der Waals surface area contributed by atoms with Crippen molar-refractivity contribution in [2.24, 2.45) is 0 Å². The molecule has 0 fully saturated rings. The molecule has 2 N–H and O–H groups in total. The zero-order chi connectivity index (χ0) is 17.8. The van der Waals surface area contributed by atoms with Crippen molar-refractivity contribution in [1.29, 1.82) is 0 Å². The van der Waals surface area contributed by atoms with Gasteiger partial charge >= 0.3 is 0 Å². The molecule has 1 aromatic heterocycles. The van der Waals surface area contributed by atoms with E-state index in [1.165, 1.54) is 11.1 Å². The van der Waals surface area contributed by atoms with Crippen LogP contribution < -0.4 is 10.6 Å². The molecule has 0 unspecified atom stereocenters. The van der Waals surface area contributed by atoms with Crippen molar-refractivity contribution in [2.75, 3.05) is 10.6 Å². The zero-order valence-corrected chi connectivity index (χ0v) is 15.5. The van der Waals surface area contributed by atoms with Gasteiger partial charge in [0.15, 0.2) is 5.11 Å². The lowest BCUT2D eigenvalue weighted by Crippen LogP contribution is -2.20. The number of anilines is 2. The number of aromatic nitrogens is 3. The Morgan fingerprint density at radius 3 is 2.80 bits per heavy atom. The third-order valence-corrected chi connectivity index (χ3v) is 4.08. The molecule has 0 atom stereocenters. The number of aryl methyl sites for hydroxylation is 2. The van der Waals surface area contributed by atoms with Crippen LogP contribution in [0.2, 0.25) is 5.02 Å². The van der Waals surface area contributed by atoms with Crippen molar-refractivity contribution in [1.82, 2.24) is 14.8 Å². The minimum atomic E-state index is 0.415. The van der Waals surface area contributed by atoms with Gasteiger partial charge in [0, 0.05) is 10.7 Å². The van der Waals surface area contributed by atoms with Gasteiger partial charge in [0.2, 0.25) is 5.95 Å². The average Bonchev–Trinajstić information content (AvgIpc) is 2.97. The predicted molar refractivity (Wildman–Crippen MR) is 106 cm³/mol. The summed E-state index contributed by atoms with van der Waals surface area (Å²) in [6.45, 7) is 4.71. The number of thiocarbonyl (C=S) groups is 1. The number of rotatable bonds is 4. The van der Waals surface area contributed by atoms with Gasteiger partial charge in [-0.15, -0.1) is 5.10 Å². The average molecular weight is 372 g/mol. The molecular weight excluding hydrogens is 354 g/mol. The number of hydrogen-bond donors (Lipinski definition) is 2. The van der Waals surface area contributed by atoms with Crippen molar-refractivity contribution >= 4 is 40.6 Å². The van der Waals surface area contributed by atoms with Crippen molar-refractivity contribution in [2.45, 2.75) is 20.4 Å². The van der Waals surface area contributed by atoms with E-state index >= 15 is 0 Å². The summed E-state index contributed by atoms with van der Waals surface area (Å²) in [5.41, 5.74) is 4.29. The summed E-state index contributed by atoms with van der Waals surface area (Å²) in [4.78, 5) is 4.24. The molecule has 0 aliphatic heterocycles. The van der Waals surface area contributed by atoms with Crippen LogP contribution in [0.4, 0.5) is 11.6 Å². The smallest absolute Gasteiger partial charge is 0.248 e. The highest BCUT2D eigenvalue weighted by molar-refractivity contribution is 7.80. The van der Waals surface area contributed by atoms with Gasteiger partial charge < -0.3 is 5.32 Å². The van der Waals surface area contributed by atoms with Crippen LogP contribution in [0.5, 0.6) is 0 Å². The lowest BCUT2D eigenvalue weighted by atomic mass is 10.1. The second kappa shape index (κ2) is 7.63. The van der Waals surface area contributed by atoms with Crippen LogP contribution in [0.1, 0.15) is 16.7 Å². The molecule has 5 nitrogen and oxygen atoms in total. The fourth-order valence-electron chi connectivity index (χ4n) is 2.41. The molecule has 0 saturated carbocycles. The normalized spacial score (nSPS) is 10.5. The van der Waals surface area contributed by atoms with Gasteiger partial charge in [-0.2, -0.15) is 0 Å². The third-order valence-electron chi connectivity index (χ3n) is 3.64. The largest absolute Gasteiger partial charge is 0.332 e. The first-order valence-corrected chi connectivity index (χ1v) is 8.57. The summed E-state index contributed by atoms with van der Waals surface area (Å²) >= 11 is 11.3. The highest BCUT2D eigenvalue weighted by Crippen LogP contribution is 2.20. The van der Waals surface area contributed by atoms with E-state index in [1.54, 1.807) is 11.0 Å². The van der Waals surface area contributed by atoms with E-state index in [-0.39, 0.29) is 0 Å². The van der Waals surface area contributed by atoms with Crippen LogP contribution in [0.3, 0.4) is 0 Å². The molecule has 128 valence electrons. The van der Waals surface area contributed by atoms with Gasteiger partial charge in [-0.3, -0.25) is 5.32 Å². The fourth-order valence-corrected chi connectivity index (χ4v) is 2.78. The molecule has 25 heavy (non-hydrogen) atoms. The predicted octanol–water partition coefficient (Wildman–Crippen LogP) is 4.41. The van der Waals surface area contributed by atoms with Crippen LogP contribution in [0.15, 0.2) is 48.8 Å². The SMILES string of the molecule is Cc1cccc(Cn2cnc(NC(=S)Nc3cc(Cl)ccc3C)n2)c1. The van der Waals surface area contributed by atoms with Gasteiger partial charge in [0.1, 0.15) is 6.33 Å². The summed E-state index contributed by atoms with van der Waals surface area (Å²) < 4.78 is 1.77. The lowest BCUT2D eigenvalue weighted by Gasteiger charge is -2.10. The molecule has 0 saturated heterocycles. The maximum Gasteiger partial charge on any atom is 0.248 e. The molecule has 3 aromatic rings. The molecular formula is C18H18ClN5S. The van der Waals surface area contributed by atoms with Crippen LogP contribution in [-0.4, -0.2) is 19.9 Å². The highest BCUT2D eigenvalue weighted by Gasteiger charge is 2.06. The Morgan fingerprint density at radius 1 is 1.16 bits per heavy atom. The summed E-state index contributed by atoms with van der Waals surface area (Å²) in [7, 11) is 0. The number of hydrogen-bond acceptors (Lipinski definition) is 3. The van der Waals surface area contributed by atoms with Gasteiger partial charge in [-0.1, -0.05) is 47.5 Å². The fraction of sp³-hybridized carbons (Fsp3) is 0.167. The highest BCUT2D eigenvalue weighted by atomic mass is 35.5. The standard InChI is InChI=1S/C18H18ClN5S/c1-12-4-3-5-14(8-12)10-24-11-20-17(23-24)22-18(25)21-16-9-15(19)7-6-13(16)2/h3-9,11H,10H2,1-2H3,(H2,21,22,23,25). The summed E-state index contributed by atoms with van der Waals surface area (Å²) in [5, 5.41) is 11.6. The number of halogens is 1. The van der Waals surface area contributed by atoms with Crippen molar-refractivity contribution in [3.63, 3.8) is 0 Å². The molecule has 2 aromatic carbocycles. The first kappa shape index (κ1) is 17.4. The van der Waals surface area contributed by atoms with Crippen molar-refractivity contribution in [3.8, 4) is 0 Å². The van der Waals surface area contributed by atoms with E-state index in [2.05, 4.69) is 45.8 Å². The Hall–Kier alpha value is -2.44. The first-order chi connectivity index (χ1) is 12.0. The maximum absolute atomic E-state index is 6.02. The molecule has 0 aliphatic rings. The molecule has 0 amide bonds. The maximum atomic E-state index is 6.02. The van der Waals surface area contributed by atoms with Crippen LogP contribution in [0, 0.1) is 13.8 Å². The quantitative estimate of drug-likeness (QED) is 0.665. The zero-order valence-electron chi connectivity index (χ0n) is 14.0. The summed E-state index contributed by atoms with van der Waals surface area (Å²) in [6, 6.07) is 13.9. The van der Waals surface area contributed by atoms with E-state index in [0.29, 0.717) is 22.6 Å².